The summed E-state index contributed by atoms with van der Waals surface area (Å²) in [5, 5.41) is 12.2. The lowest BCUT2D eigenvalue weighted by Gasteiger charge is -2.33. The summed E-state index contributed by atoms with van der Waals surface area (Å²) in [6.45, 7) is 6.45. The highest BCUT2D eigenvalue weighted by Crippen LogP contribution is 2.18. The Hall–Kier alpha value is -1.39. The van der Waals surface area contributed by atoms with E-state index in [9.17, 15) is 0 Å². The molecule has 0 spiro atoms. The number of benzene rings is 1. The van der Waals surface area contributed by atoms with E-state index in [1.165, 1.54) is 5.39 Å². The molecule has 1 aliphatic rings. The van der Waals surface area contributed by atoms with Gasteiger partial charge >= 0.3 is 0 Å². The molecule has 0 bridgehead atoms. The predicted octanol–water partition coefficient (Wildman–Crippen LogP) is 1.36. The second kappa shape index (κ2) is 4.47. The summed E-state index contributed by atoms with van der Waals surface area (Å²) in [7, 11) is 0. The Morgan fingerprint density at radius 1 is 1.41 bits per heavy atom. The second-order valence-corrected chi connectivity index (χ2v) is 4.74. The largest absolute Gasteiger partial charge is 0.314 e. The van der Waals surface area contributed by atoms with Crippen molar-refractivity contribution in [3.63, 3.8) is 0 Å². The van der Waals surface area contributed by atoms with E-state index in [0.29, 0.717) is 6.04 Å². The maximum Gasteiger partial charge on any atom is 0.0841 e. The molecular formula is C13H18N4. The molecular weight excluding hydrogens is 212 g/mol. The molecule has 3 rings (SSSR count). The third-order valence-corrected chi connectivity index (χ3v) is 3.54. The monoisotopic (exact) mass is 230 g/mol. The minimum atomic E-state index is 0.583. The zero-order chi connectivity index (χ0) is 11.7. The van der Waals surface area contributed by atoms with Gasteiger partial charge in [0.1, 0.15) is 0 Å². The average molecular weight is 230 g/mol. The first kappa shape index (κ1) is 10.7. The van der Waals surface area contributed by atoms with Gasteiger partial charge in [0.05, 0.1) is 11.2 Å². The van der Waals surface area contributed by atoms with Crippen molar-refractivity contribution in [2.45, 2.75) is 19.5 Å². The number of para-hydroxylation sites is 1. The number of aromatic nitrogens is 2. The minimum absolute atomic E-state index is 0.583. The van der Waals surface area contributed by atoms with Gasteiger partial charge in [0.2, 0.25) is 0 Å². The topological polar surface area (TPSA) is 44.0 Å². The van der Waals surface area contributed by atoms with Crippen LogP contribution in [0.25, 0.3) is 10.9 Å². The standard InChI is InChI=1S/C13H18N4/c1-10-8-14-6-7-17(10)9-13-11-4-2-3-5-12(11)15-16-13/h2-5,10,14H,6-9H2,1H3,(H,15,16)/t10-/m0/s1. The first-order chi connectivity index (χ1) is 8.34. The molecule has 1 saturated heterocycles. The second-order valence-electron chi connectivity index (χ2n) is 4.74. The van der Waals surface area contributed by atoms with Gasteiger partial charge in [-0.25, -0.2) is 0 Å². The summed E-state index contributed by atoms with van der Waals surface area (Å²) in [5.74, 6) is 0. The smallest absolute Gasteiger partial charge is 0.0841 e. The zero-order valence-corrected chi connectivity index (χ0v) is 10.1. The SMILES string of the molecule is C[C@H]1CNCCN1Cc1n[nH]c2ccccc12. The van der Waals surface area contributed by atoms with Crippen molar-refractivity contribution >= 4 is 10.9 Å². The summed E-state index contributed by atoms with van der Waals surface area (Å²) in [4.78, 5) is 2.49. The van der Waals surface area contributed by atoms with Gasteiger partial charge in [0.15, 0.2) is 0 Å². The van der Waals surface area contributed by atoms with Crippen molar-refractivity contribution in [2.75, 3.05) is 19.6 Å². The molecule has 17 heavy (non-hydrogen) atoms. The van der Waals surface area contributed by atoms with Crippen molar-refractivity contribution in [2.24, 2.45) is 0 Å². The Balaban J connectivity index is 1.84. The molecule has 4 nitrogen and oxygen atoms in total. The van der Waals surface area contributed by atoms with Crippen LogP contribution in [0.1, 0.15) is 12.6 Å². The van der Waals surface area contributed by atoms with Gasteiger partial charge in [0, 0.05) is 37.6 Å². The van der Waals surface area contributed by atoms with E-state index in [1.54, 1.807) is 0 Å². The molecule has 0 amide bonds. The van der Waals surface area contributed by atoms with Crippen LogP contribution >= 0.6 is 0 Å². The van der Waals surface area contributed by atoms with E-state index < -0.39 is 0 Å². The first-order valence-electron chi connectivity index (χ1n) is 6.21. The molecule has 2 aromatic rings. The molecule has 0 saturated carbocycles. The Bertz CT molecular complexity index is 505. The summed E-state index contributed by atoms with van der Waals surface area (Å²) < 4.78 is 0. The van der Waals surface area contributed by atoms with E-state index in [4.69, 9.17) is 0 Å². The number of hydrogen-bond donors (Lipinski definition) is 2. The van der Waals surface area contributed by atoms with Crippen molar-refractivity contribution in [1.82, 2.24) is 20.4 Å². The fourth-order valence-corrected chi connectivity index (χ4v) is 2.45. The van der Waals surface area contributed by atoms with Crippen molar-refractivity contribution < 1.29 is 0 Å². The van der Waals surface area contributed by atoms with Crippen LogP contribution in [-0.2, 0) is 6.54 Å². The van der Waals surface area contributed by atoms with Gasteiger partial charge in [-0.15, -0.1) is 0 Å². The lowest BCUT2D eigenvalue weighted by molar-refractivity contribution is 0.164. The molecule has 1 atom stereocenters. The first-order valence-corrected chi connectivity index (χ1v) is 6.21. The maximum absolute atomic E-state index is 4.44. The van der Waals surface area contributed by atoms with Crippen molar-refractivity contribution in [3.05, 3.63) is 30.0 Å². The van der Waals surface area contributed by atoms with Gasteiger partial charge < -0.3 is 5.32 Å². The molecule has 0 aliphatic carbocycles. The van der Waals surface area contributed by atoms with Gasteiger partial charge in [0.25, 0.3) is 0 Å². The zero-order valence-electron chi connectivity index (χ0n) is 10.1. The summed E-state index contributed by atoms with van der Waals surface area (Å²) in [6.07, 6.45) is 0. The number of rotatable bonds is 2. The fraction of sp³-hybridized carbons (Fsp3) is 0.462. The molecule has 2 heterocycles. The quantitative estimate of drug-likeness (QED) is 0.818. The van der Waals surface area contributed by atoms with Crippen LogP contribution < -0.4 is 5.32 Å². The summed E-state index contributed by atoms with van der Waals surface area (Å²) in [6, 6.07) is 8.91. The number of H-pyrrole nitrogens is 1. The van der Waals surface area contributed by atoms with Crippen molar-refractivity contribution in [3.8, 4) is 0 Å². The van der Waals surface area contributed by atoms with Crippen LogP contribution in [0.3, 0.4) is 0 Å². The van der Waals surface area contributed by atoms with Crippen LogP contribution in [0.5, 0.6) is 0 Å². The van der Waals surface area contributed by atoms with Gasteiger partial charge in [-0.05, 0) is 13.0 Å². The molecule has 0 unspecified atom stereocenters. The van der Waals surface area contributed by atoms with Gasteiger partial charge in [-0.2, -0.15) is 5.10 Å². The van der Waals surface area contributed by atoms with E-state index in [1.807, 2.05) is 6.07 Å². The molecule has 2 N–H and O–H groups in total. The minimum Gasteiger partial charge on any atom is -0.314 e. The molecule has 1 fully saturated rings. The number of piperazine rings is 1. The van der Waals surface area contributed by atoms with Crippen LogP contribution in [0.15, 0.2) is 24.3 Å². The van der Waals surface area contributed by atoms with E-state index in [-0.39, 0.29) is 0 Å². The number of fused-ring (bicyclic) bond motifs is 1. The summed E-state index contributed by atoms with van der Waals surface area (Å²) in [5.41, 5.74) is 2.29. The molecule has 1 aliphatic heterocycles. The van der Waals surface area contributed by atoms with Crippen LogP contribution in [0.2, 0.25) is 0 Å². The van der Waals surface area contributed by atoms with E-state index in [0.717, 1.165) is 37.4 Å². The van der Waals surface area contributed by atoms with E-state index in [2.05, 4.69) is 45.5 Å². The molecule has 4 heteroatoms. The molecule has 1 aromatic heterocycles. The van der Waals surface area contributed by atoms with Crippen LogP contribution in [0, 0.1) is 0 Å². The number of hydrogen-bond acceptors (Lipinski definition) is 3. The normalized spacial score (nSPS) is 22.1. The highest BCUT2D eigenvalue weighted by atomic mass is 15.2. The highest BCUT2D eigenvalue weighted by molar-refractivity contribution is 5.81. The van der Waals surface area contributed by atoms with Crippen LogP contribution in [-0.4, -0.2) is 40.8 Å². The fourth-order valence-electron chi connectivity index (χ4n) is 2.45. The number of aromatic amines is 1. The Morgan fingerprint density at radius 2 is 2.29 bits per heavy atom. The highest BCUT2D eigenvalue weighted by Gasteiger charge is 2.19. The number of nitrogens with one attached hydrogen (secondary N) is 2. The predicted molar refractivity (Wildman–Crippen MR) is 68.8 cm³/mol. The summed E-state index contributed by atoms with van der Waals surface area (Å²) >= 11 is 0. The van der Waals surface area contributed by atoms with Crippen molar-refractivity contribution in [1.29, 1.82) is 0 Å². The Labute approximate surface area is 101 Å². The Kier molecular flexibility index (Phi) is 2.82. The molecule has 1 aromatic carbocycles. The molecule has 90 valence electrons. The third kappa shape index (κ3) is 2.06. The number of nitrogens with zero attached hydrogens (tertiary/aromatic N) is 2. The molecule has 0 radical (unpaired) electrons. The van der Waals surface area contributed by atoms with Gasteiger partial charge in [-0.3, -0.25) is 10.00 Å². The third-order valence-electron chi connectivity index (χ3n) is 3.54. The lowest BCUT2D eigenvalue weighted by atomic mass is 10.1. The maximum atomic E-state index is 4.44. The Morgan fingerprint density at radius 3 is 3.18 bits per heavy atom. The average Bonchev–Trinajstić information content (AvgIpc) is 2.76. The van der Waals surface area contributed by atoms with Gasteiger partial charge in [-0.1, -0.05) is 18.2 Å². The van der Waals surface area contributed by atoms with Crippen LogP contribution in [0.4, 0.5) is 0 Å². The van der Waals surface area contributed by atoms with E-state index >= 15 is 0 Å². The lowest BCUT2D eigenvalue weighted by Crippen LogP contribution is -2.49.